The highest BCUT2D eigenvalue weighted by atomic mass is 79.9. The Morgan fingerprint density at radius 2 is 2.23 bits per heavy atom. The molecule has 0 aliphatic carbocycles. The Morgan fingerprint density at radius 1 is 1.41 bits per heavy atom. The molecule has 2 heterocycles. The summed E-state index contributed by atoms with van der Waals surface area (Å²) in [4.78, 5) is 7.31. The number of hydrazine groups is 1. The molecule has 0 bridgehead atoms. The first-order valence-corrected chi connectivity index (χ1v) is 6.26. The molecule has 0 aliphatic rings. The van der Waals surface area contributed by atoms with Crippen LogP contribution in [0.25, 0.3) is 0 Å². The summed E-state index contributed by atoms with van der Waals surface area (Å²) >= 11 is 2.96. The van der Waals surface area contributed by atoms with Crippen molar-refractivity contribution in [2.45, 2.75) is 6.92 Å². The minimum Gasteiger partial charge on any atom is -0.398 e. The highest BCUT2D eigenvalue weighted by Gasteiger charge is 2.04. The first-order chi connectivity index (χ1) is 15.7. The number of nitrogen functional groups attached to an aromatic ring is 2. The lowest BCUT2D eigenvalue weighted by molar-refractivity contribution is 0.998. The molecule has 0 fully saturated rings. The fraction of sp³-hybridized carbons (Fsp3) is 0.0769. The van der Waals surface area contributed by atoms with E-state index in [0.717, 1.165) is 0 Å². The van der Waals surface area contributed by atoms with Crippen LogP contribution in [-0.2, 0) is 0 Å². The Balaban J connectivity index is 0.000000342. The molecule has 8 nitrogen and oxygen atoms in total. The second-order valence-corrected chi connectivity index (χ2v) is 4.41. The summed E-state index contributed by atoms with van der Waals surface area (Å²) < 4.78 is 85.9. The van der Waals surface area contributed by atoms with Crippen LogP contribution >= 0.6 is 15.9 Å². The van der Waals surface area contributed by atoms with Crippen molar-refractivity contribution in [3.63, 3.8) is 0 Å². The zero-order valence-electron chi connectivity index (χ0n) is 23.1. The predicted molar refractivity (Wildman–Crippen MR) is 90.5 cm³/mol. The molecular formula is C13H17BrN8. The SMILES string of the molecule is [3H]N=C(c1nc([3H])c([3H])c(N)c1C)N([3H])[3H].[3H]N=C(c1nc([3H])c([3H])c([3H])c1Br)N([3H])N([3H])[3H]. The first kappa shape index (κ1) is 6.71. The Hall–Kier alpha value is -2.52. The number of pyridine rings is 2. The van der Waals surface area contributed by atoms with E-state index in [9.17, 15) is 0 Å². The van der Waals surface area contributed by atoms with Crippen LogP contribution in [0.4, 0.5) is 5.69 Å². The second kappa shape index (κ2) is 8.05. The average Bonchev–Trinajstić information content (AvgIpc) is 2.78. The summed E-state index contributed by atoms with van der Waals surface area (Å²) in [5.41, 5.74) is 5.97. The van der Waals surface area contributed by atoms with Crippen LogP contribution in [-0.4, -0.2) is 21.6 Å². The van der Waals surface area contributed by atoms with Gasteiger partial charge in [0.05, 0.1) is 6.85 Å². The molecule has 9 N–H and O–H groups in total. The Bertz CT molecular complexity index is 1110. The van der Waals surface area contributed by atoms with Crippen LogP contribution in [0.5, 0.6) is 0 Å². The standard InChI is InChI=1S/C7H10N4.C6H7BrN4/c1-4-5(8)2-3-11-6(4)7(9)10;7-4-2-1-3-10-5(4)6(8)11-9/h2-3H,1H3,(H2,8,11)(H3,9,10);1-3H,9H2,(H2,8,11)/i2T,3T;1T,2T,3T/hT7. The highest BCUT2D eigenvalue weighted by Crippen LogP contribution is 2.12. The van der Waals surface area contributed by atoms with Crippen molar-refractivity contribution in [3.8, 4) is 0 Å². The molecule has 116 valence electrons. The summed E-state index contributed by atoms with van der Waals surface area (Å²) in [5.74, 6) is -1.02. The fourth-order valence-corrected chi connectivity index (χ4v) is 1.50. The van der Waals surface area contributed by atoms with Crippen molar-refractivity contribution in [2.75, 3.05) is 5.73 Å². The molecule has 9 heteroatoms. The molecule has 22 heavy (non-hydrogen) atoms. The van der Waals surface area contributed by atoms with Gasteiger partial charge >= 0.3 is 0 Å². The maximum Gasteiger partial charge on any atom is 0.190 e. The minimum absolute atomic E-state index is 0.00139. The Morgan fingerprint density at radius 3 is 2.91 bits per heavy atom. The lowest BCUT2D eigenvalue weighted by atomic mass is 10.2. The first-order valence-electron chi connectivity index (χ1n) is 11.1. The van der Waals surface area contributed by atoms with E-state index in [2.05, 4.69) is 36.7 Å². The normalized spacial score (nSPS) is 19.0. The summed E-state index contributed by atoms with van der Waals surface area (Å²) in [6.07, 6.45) is -0.893. The van der Waals surface area contributed by atoms with Gasteiger partial charge in [0.15, 0.2) is 12.9 Å². The van der Waals surface area contributed by atoms with Gasteiger partial charge in [-0.15, -0.1) is 0 Å². The number of nitrogens with zero attached hydrogens (tertiary/aromatic N) is 2. The molecule has 2 aromatic rings. The van der Waals surface area contributed by atoms with Gasteiger partial charge in [-0.1, -0.05) is 0 Å². The quantitative estimate of drug-likeness (QED) is 0.198. The van der Waals surface area contributed by atoms with Crippen molar-refractivity contribution in [1.29, 1.82) is 10.8 Å². The molecule has 0 spiro atoms. The van der Waals surface area contributed by atoms with Crippen LogP contribution in [0.15, 0.2) is 34.9 Å². The van der Waals surface area contributed by atoms with Crippen LogP contribution in [0.3, 0.4) is 0 Å². The third-order valence-corrected chi connectivity index (χ3v) is 2.81. The molecule has 2 rings (SSSR count). The summed E-state index contributed by atoms with van der Waals surface area (Å²) in [7, 11) is 0. The van der Waals surface area contributed by atoms with Gasteiger partial charge in [0.2, 0.25) is 0 Å². The number of nitrogens with two attached hydrogens (primary N) is 3. The lowest BCUT2D eigenvalue weighted by Crippen LogP contribution is -2.31. The van der Waals surface area contributed by atoms with Gasteiger partial charge in [0.1, 0.15) is 20.0 Å². The van der Waals surface area contributed by atoms with Gasteiger partial charge in [-0.2, -0.15) is 0 Å². The molecule has 0 radical (unpaired) electrons. The largest absolute Gasteiger partial charge is 0.398 e. The predicted octanol–water partition coefficient (Wildman–Crippen LogP) is 0.889. The number of nitrogens with one attached hydrogen (secondary N) is 3. The zero-order valence-corrected chi connectivity index (χ0v) is 12.7. The van der Waals surface area contributed by atoms with Crippen LogP contribution in [0, 0.1) is 17.7 Å². The van der Waals surface area contributed by atoms with E-state index in [4.69, 9.17) is 22.5 Å². The van der Waals surface area contributed by atoms with E-state index in [1.165, 1.54) is 6.92 Å². The van der Waals surface area contributed by atoms with E-state index in [1.807, 2.05) is 0 Å². The summed E-state index contributed by atoms with van der Waals surface area (Å²) in [6.45, 7) is 1.53. The van der Waals surface area contributed by atoms with Crippen LogP contribution < -0.4 is 22.7 Å². The van der Waals surface area contributed by atoms with E-state index >= 15 is 0 Å². The molecule has 0 aromatic carbocycles. The molecule has 0 saturated heterocycles. The van der Waals surface area contributed by atoms with Crippen molar-refractivity contribution in [1.82, 2.24) is 15.4 Å². The number of hydrogen-bond acceptors (Lipinski definition) is 6. The van der Waals surface area contributed by atoms with Crippen LogP contribution in [0.2, 0.25) is 9.88 Å². The smallest absolute Gasteiger partial charge is 0.190 e. The number of rotatable bonds is 3. The monoisotopic (exact) mass is 388 g/mol. The van der Waals surface area contributed by atoms with Crippen LogP contribution in [0.1, 0.15) is 23.8 Å². The van der Waals surface area contributed by atoms with Crippen molar-refractivity contribution < 1.29 is 16.7 Å². The Kier molecular flexibility index (Phi) is 2.46. The molecule has 0 atom stereocenters. The average molecular weight is 389 g/mol. The maximum atomic E-state index is 7.54. The van der Waals surface area contributed by atoms with Gasteiger partial charge in [-0.05, 0) is 41.0 Å². The zero-order chi connectivity index (χ0) is 26.5. The van der Waals surface area contributed by atoms with E-state index in [0.29, 0.717) is 5.56 Å². The minimum atomic E-state index is -0.520. The number of aromatic nitrogens is 2. The number of amidine groups is 2. The number of anilines is 1. The van der Waals surface area contributed by atoms with Gasteiger partial charge in [0, 0.05) is 28.1 Å². The third kappa shape index (κ3) is 4.50. The number of hydrogen-bond donors (Lipinski definition) is 6. The van der Waals surface area contributed by atoms with Crippen molar-refractivity contribution in [2.24, 2.45) is 11.5 Å². The molecule has 0 amide bonds. The number of halogens is 1. The lowest BCUT2D eigenvalue weighted by Gasteiger charge is -2.03. The maximum absolute atomic E-state index is 7.54. The van der Waals surface area contributed by atoms with Gasteiger partial charge < -0.3 is 16.9 Å². The molecule has 0 saturated carbocycles. The fourth-order valence-electron chi connectivity index (χ4n) is 1.14. The van der Waals surface area contributed by atoms with Gasteiger partial charge in [-0.3, -0.25) is 20.8 Å². The third-order valence-electron chi connectivity index (χ3n) is 2.24. The molecule has 2 aromatic heterocycles. The van der Waals surface area contributed by atoms with Gasteiger partial charge in [-0.25, -0.2) is 5.83 Å². The topological polar surface area (TPSA) is 164 Å². The van der Waals surface area contributed by atoms with Crippen molar-refractivity contribution >= 4 is 33.3 Å². The van der Waals surface area contributed by atoms with E-state index < -0.39 is 18.1 Å². The van der Waals surface area contributed by atoms with E-state index in [1.54, 1.807) is 0 Å². The van der Waals surface area contributed by atoms with Gasteiger partial charge in [0.25, 0.3) is 0 Å². The molecule has 0 unspecified atom stereocenters. The summed E-state index contributed by atoms with van der Waals surface area (Å²) in [5, 5.41) is 5.94. The Labute approximate surface area is 153 Å². The molecular weight excluding hydrogens is 348 g/mol. The highest BCUT2D eigenvalue weighted by molar-refractivity contribution is 9.10. The summed E-state index contributed by atoms with van der Waals surface area (Å²) in [6, 6.07) is -0.978. The van der Waals surface area contributed by atoms with Crippen molar-refractivity contribution in [3.05, 3.63) is 51.9 Å². The second-order valence-electron chi connectivity index (χ2n) is 3.62. The van der Waals surface area contributed by atoms with E-state index in [-0.39, 0.29) is 62.6 Å². The molecule has 0 aliphatic heterocycles.